The van der Waals surface area contributed by atoms with E-state index >= 15 is 0 Å². The molecule has 0 aliphatic rings. The molecule has 0 aliphatic heterocycles. The third-order valence-corrected chi connectivity index (χ3v) is 3.35. The Morgan fingerprint density at radius 1 is 0.955 bits per heavy atom. The highest BCUT2D eigenvalue weighted by molar-refractivity contribution is 5.86. The van der Waals surface area contributed by atoms with Crippen LogP contribution >= 0.6 is 0 Å². The van der Waals surface area contributed by atoms with Gasteiger partial charge in [0.1, 0.15) is 5.69 Å². The van der Waals surface area contributed by atoms with Crippen LogP contribution in [0.5, 0.6) is 0 Å². The standard InChI is InChI=1S/C14H14N4O4/c1-2-8-7-9(15)3-4-10(8)11-5-6-12(16)14(18(21)22)13(11)17(19)20/h3-7H,2,15-16H2,1H3. The molecule has 0 atom stereocenters. The van der Waals surface area contributed by atoms with Gasteiger partial charge in [-0.25, -0.2) is 0 Å². The van der Waals surface area contributed by atoms with Crippen LogP contribution in [-0.2, 0) is 6.42 Å². The van der Waals surface area contributed by atoms with Crippen LogP contribution in [0.2, 0.25) is 0 Å². The number of nitro groups is 2. The summed E-state index contributed by atoms with van der Waals surface area (Å²) in [6.45, 7) is 1.87. The zero-order chi connectivity index (χ0) is 16.4. The maximum absolute atomic E-state index is 11.4. The minimum atomic E-state index is -0.833. The summed E-state index contributed by atoms with van der Waals surface area (Å²) in [4.78, 5) is 20.9. The molecular weight excluding hydrogens is 288 g/mol. The Balaban J connectivity index is 2.85. The second-order valence-electron chi connectivity index (χ2n) is 4.68. The highest BCUT2D eigenvalue weighted by atomic mass is 16.6. The van der Waals surface area contributed by atoms with Crippen molar-refractivity contribution in [2.75, 3.05) is 11.5 Å². The Labute approximate surface area is 125 Å². The van der Waals surface area contributed by atoms with Crippen molar-refractivity contribution in [3.63, 3.8) is 0 Å². The molecule has 0 heterocycles. The van der Waals surface area contributed by atoms with Crippen LogP contribution in [0.4, 0.5) is 22.7 Å². The second-order valence-corrected chi connectivity index (χ2v) is 4.68. The number of aryl methyl sites for hydroxylation is 1. The molecule has 0 aromatic heterocycles. The molecule has 2 aromatic carbocycles. The topological polar surface area (TPSA) is 138 Å². The molecule has 0 bridgehead atoms. The Bertz CT molecular complexity index is 774. The summed E-state index contributed by atoms with van der Waals surface area (Å²) in [5.41, 5.74) is 11.7. The molecule has 0 saturated heterocycles. The van der Waals surface area contributed by atoms with Gasteiger partial charge in [-0.15, -0.1) is 0 Å². The van der Waals surface area contributed by atoms with Crippen molar-refractivity contribution in [2.45, 2.75) is 13.3 Å². The highest BCUT2D eigenvalue weighted by Crippen LogP contribution is 2.42. The first kappa shape index (κ1) is 15.2. The zero-order valence-electron chi connectivity index (χ0n) is 11.8. The minimum absolute atomic E-state index is 0.155. The van der Waals surface area contributed by atoms with E-state index in [4.69, 9.17) is 11.5 Å². The molecule has 0 amide bonds. The lowest BCUT2D eigenvalue weighted by Gasteiger charge is -2.10. The average Bonchev–Trinajstić information content (AvgIpc) is 2.46. The summed E-state index contributed by atoms with van der Waals surface area (Å²) in [5.74, 6) is 0. The van der Waals surface area contributed by atoms with Gasteiger partial charge in [-0.2, -0.15) is 0 Å². The van der Waals surface area contributed by atoms with Crippen molar-refractivity contribution in [3.8, 4) is 11.1 Å². The quantitative estimate of drug-likeness (QED) is 0.505. The van der Waals surface area contributed by atoms with E-state index in [0.29, 0.717) is 17.7 Å². The van der Waals surface area contributed by atoms with Crippen LogP contribution in [0, 0.1) is 20.2 Å². The zero-order valence-corrected chi connectivity index (χ0v) is 11.8. The Morgan fingerprint density at radius 2 is 1.55 bits per heavy atom. The average molecular weight is 302 g/mol. The monoisotopic (exact) mass is 302 g/mol. The van der Waals surface area contributed by atoms with Crippen LogP contribution in [0.25, 0.3) is 11.1 Å². The molecule has 2 aromatic rings. The van der Waals surface area contributed by atoms with Gasteiger partial charge in [0.15, 0.2) is 0 Å². The molecule has 0 radical (unpaired) electrons. The Morgan fingerprint density at radius 3 is 2.09 bits per heavy atom. The molecule has 4 N–H and O–H groups in total. The molecule has 8 nitrogen and oxygen atoms in total. The number of nitro benzene ring substituents is 2. The number of nitrogens with zero attached hydrogens (tertiary/aromatic N) is 2. The van der Waals surface area contributed by atoms with Gasteiger partial charge in [0.05, 0.1) is 15.4 Å². The van der Waals surface area contributed by atoms with E-state index in [9.17, 15) is 20.2 Å². The SMILES string of the molecule is CCc1cc(N)ccc1-c1ccc(N)c([N+](=O)[O-])c1[N+](=O)[O-]. The van der Waals surface area contributed by atoms with Gasteiger partial charge in [-0.3, -0.25) is 20.2 Å². The van der Waals surface area contributed by atoms with Gasteiger partial charge in [0.2, 0.25) is 0 Å². The molecule has 0 unspecified atom stereocenters. The summed E-state index contributed by atoms with van der Waals surface area (Å²) in [6.07, 6.45) is 0.579. The normalized spacial score (nSPS) is 10.4. The predicted octanol–water partition coefficient (Wildman–Crippen LogP) is 2.90. The number of hydrogen-bond acceptors (Lipinski definition) is 6. The summed E-state index contributed by atoms with van der Waals surface area (Å²) >= 11 is 0. The van der Waals surface area contributed by atoms with Crippen molar-refractivity contribution in [1.29, 1.82) is 0 Å². The van der Waals surface area contributed by atoms with Crippen LogP contribution in [0.3, 0.4) is 0 Å². The maximum Gasteiger partial charge on any atom is 0.369 e. The van der Waals surface area contributed by atoms with E-state index in [1.165, 1.54) is 12.1 Å². The maximum atomic E-state index is 11.4. The highest BCUT2D eigenvalue weighted by Gasteiger charge is 2.32. The third kappa shape index (κ3) is 2.53. The van der Waals surface area contributed by atoms with Gasteiger partial charge in [-0.1, -0.05) is 13.0 Å². The third-order valence-electron chi connectivity index (χ3n) is 3.35. The molecule has 0 aliphatic carbocycles. The van der Waals surface area contributed by atoms with Gasteiger partial charge >= 0.3 is 11.4 Å². The summed E-state index contributed by atoms with van der Waals surface area (Å²) < 4.78 is 0. The van der Waals surface area contributed by atoms with Gasteiger partial charge in [-0.05, 0) is 41.8 Å². The lowest BCUT2D eigenvalue weighted by atomic mass is 9.95. The first-order chi connectivity index (χ1) is 10.4. The lowest BCUT2D eigenvalue weighted by molar-refractivity contribution is -0.421. The number of benzene rings is 2. The summed E-state index contributed by atoms with van der Waals surface area (Å²) in [6, 6.07) is 7.64. The van der Waals surface area contributed by atoms with E-state index in [2.05, 4.69) is 0 Å². The van der Waals surface area contributed by atoms with E-state index in [1.807, 2.05) is 6.92 Å². The number of anilines is 2. The molecule has 8 heteroatoms. The molecule has 0 saturated carbocycles. The van der Waals surface area contributed by atoms with Crippen molar-refractivity contribution in [1.82, 2.24) is 0 Å². The molecule has 0 spiro atoms. The van der Waals surface area contributed by atoms with Crippen molar-refractivity contribution in [2.24, 2.45) is 0 Å². The lowest BCUT2D eigenvalue weighted by Crippen LogP contribution is -2.03. The Kier molecular flexibility index (Phi) is 3.93. The first-order valence-electron chi connectivity index (χ1n) is 6.46. The van der Waals surface area contributed by atoms with Gasteiger partial charge in [0.25, 0.3) is 0 Å². The van der Waals surface area contributed by atoms with Crippen molar-refractivity contribution >= 4 is 22.7 Å². The van der Waals surface area contributed by atoms with Crippen molar-refractivity contribution < 1.29 is 9.85 Å². The summed E-state index contributed by atoms with van der Waals surface area (Å²) in [7, 11) is 0. The number of hydrogen-bond donors (Lipinski definition) is 2. The minimum Gasteiger partial charge on any atom is -0.399 e. The van der Waals surface area contributed by atoms with E-state index in [-0.39, 0.29) is 11.3 Å². The largest absolute Gasteiger partial charge is 0.399 e. The fourth-order valence-electron chi connectivity index (χ4n) is 2.36. The number of rotatable bonds is 4. The molecule has 22 heavy (non-hydrogen) atoms. The van der Waals surface area contributed by atoms with Crippen molar-refractivity contribution in [3.05, 3.63) is 56.1 Å². The van der Waals surface area contributed by atoms with Crippen LogP contribution in [-0.4, -0.2) is 9.85 Å². The molecule has 114 valence electrons. The predicted molar refractivity (Wildman–Crippen MR) is 83.4 cm³/mol. The fourth-order valence-corrected chi connectivity index (χ4v) is 2.36. The molecule has 0 fully saturated rings. The van der Waals surface area contributed by atoms with E-state index in [1.54, 1.807) is 18.2 Å². The second kappa shape index (κ2) is 5.68. The van der Waals surface area contributed by atoms with Gasteiger partial charge < -0.3 is 11.5 Å². The summed E-state index contributed by atoms with van der Waals surface area (Å²) in [5, 5.41) is 22.5. The van der Waals surface area contributed by atoms with Crippen LogP contribution in [0.1, 0.15) is 12.5 Å². The number of nitrogens with two attached hydrogens (primary N) is 2. The fraction of sp³-hybridized carbons (Fsp3) is 0.143. The number of nitrogen functional groups attached to an aromatic ring is 2. The van der Waals surface area contributed by atoms with Crippen LogP contribution in [0.15, 0.2) is 30.3 Å². The van der Waals surface area contributed by atoms with E-state index in [0.717, 1.165) is 5.56 Å². The molecular formula is C14H14N4O4. The molecule has 2 rings (SSSR count). The Hall–Kier alpha value is -3.16. The van der Waals surface area contributed by atoms with E-state index < -0.39 is 21.2 Å². The smallest absolute Gasteiger partial charge is 0.369 e. The van der Waals surface area contributed by atoms with Gasteiger partial charge in [0, 0.05) is 5.69 Å². The van der Waals surface area contributed by atoms with Crippen LogP contribution < -0.4 is 11.5 Å². The first-order valence-corrected chi connectivity index (χ1v) is 6.46.